The minimum absolute atomic E-state index is 0.0981. The molecule has 3 rings (SSSR count). The van der Waals surface area contributed by atoms with Gasteiger partial charge < -0.3 is 20.1 Å². The molecule has 30 heavy (non-hydrogen) atoms. The van der Waals surface area contributed by atoms with Gasteiger partial charge in [0.25, 0.3) is 0 Å². The van der Waals surface area contributed by atoms with Crippen LogP contribution in [0.2, 0.25) is 0 Å². The molecular formula is C25H41N3O2. The number of methoxy groups -OCH3 is 1. The second-order valence-corrected chi connectivity index (χ2v) is 9.21. The Morgan fingerprint density at radius 3 is 2.50 bits per heavy atom. The molecule has 1 aliphatic heterocycles. The molecule has 5 nitrogen and oxygen atoms in total. The molecule has 1 saturated heterocycles. The molecule has 1 aromatic carbocycles. The predicted molar refractivity (Wildman–Crippen MR) is 124 cm³/mol. The maximum Gasteiger partial charge on any atom is 0.191 e. The van der Waals surface area contributed by atoms with Gasteiger partial charge in [-0.2, -0.15) is 0 Å². The Balaban J connectivity index is 1.73. The Bertz CT molecular complexity index is 677. The van der Waals surface area contributed by atoms with Gasteiger partial charge in [-0.3, -0.25) is 4.99 Å². The number of hydrogen-bond acceptors (Lipinski definition) is 3. The fourth-order valence-corrected chi connectivity index (χ4v) is 5.24. The zero-order valence-corrected chi connectivity index (χ0v) is 19.3. The van der Waals surface area contributed by atoms with E-state index in [1.165, 1.54) is 36.8 Å². The van der Waals surface area contributed by atoms with Crippen molar-refractivity contribution in [2.45, 2.75) is 64.2 Å². The van der Waals surface area contributed by atoms with E-state index < -0.39 is 0 Å². The highest BCUT2D eigenvalue weighted by atomic mass is 16.5. The van der Waals surface area contributed by atoms with Gasteiger partial charge in [-0.15, -0.1) is 0 Å². The Morgan fingerprint density at radius 2 is 1.83 bits per heavy atom. The van der Waals surface area contributed by atoms with Crippen molar-refractivity contribution in [1.29, 1.82) is 0 Å². The summed E-state index contributed by atoms with van der Waals surface area (Å²) in [6, 6.07) is 8.82. The molecule has 1 aliphatic carbocycles. The molecule has 2 aliphatic rings. The summed E-state index contributed by atoms with van der Waals surface area (Å²) in [5, 5.41) is 7.19. The van der Waals surface area contributed by atoms with Crippen LogP contribution in [0.5, 0.6) is 0 Å². The van der Waals surface area contributed by atoms with Crippen molar-refractivity contribution in [2.75, 3.05) is 46.6 Å². The normalized spacial score (nSPS) is 20.8. The maximum absolute atomic E-state index is 5.72. The van der Waals surface area contributed by atoms with Gasteiger partial charge in [-0.1, -0.05) is 37.1 Å². The lowest BCUT2D eigenvalue weighted by Gasteiger charge is -2.39. The molecule has 5 heteroatoms. The molecule has 0 spiro atoms. The van der Waals surface area contributed by atoms with Crippen LogP contribution < -0.4 is 10.6 Å². The summed E-state index contributed by atoms with van der Waals surface area (Å²) in [5.41, 5.74) is 3.22. The van der Waals surface area contributed by atoms with Gasteiger partial charge in [-0.25, -0.2) is 0 Å². The third kappa shape index (κ3) is 5.76. The molecule has 168 valence electrons. The lowest BCUT2D eigenvalue weighted by atomic mass is 9.72. The third-order valence-corrected chi connectivity index (χ3v) is 7.18. The van der Waals surface area contributed by atoms with Crippen LogP contribution >= 0.6 is 0 Å². The van der Waals surface area contributed by atoms with Crippen LogP contribution in [0, 0.1) is 12.3 Å². The molecule has 2 fully saturated rings. The van der Waals surface area contributed by atoms with Crippen LogP contribution in [0.15, 0.2) is 29.3 Å². The number of guanidine groups is 1. The topological polar surface area (TPSA) is 54.9 Å². The van der Waals surface area contributed by atoms with Crippen molar-refractivity contribution in [1.82, 2.24) is 10.6 Å². The molecule has 0 aromatic heterocycles. The van der Waals surface area contributed by atoms with E-state index in [1.54, 1.807) is 7.11 Å². The average molecular weight is 416 g/mol. The van der Waals surface area contributed by atoms with E-state index in [0.717, 1.165) is 64.7 Å². The van der Waals surface area contributed by atoms with Gasteiger partial charge in [0, 0.05) is 52.0 Å². The van der Waals surface area contributed by atoms with Crippen molar-refractivity contribution in [3.05, 3.63) is 35.4 Å². The molecule has 2 N–H and O–H groups in total. The molecule has 0 radical (unpaired) electrons. The van der Waals surface area contributed by atoms with Crippen LogP contribution in [0.1, 0.15) is 63.0 Å². The van der Waals surface area contributed by atoms with Crippen molar-refractivity contribution in [3.63, 3.8) is 0 Å². The van der Waals surface area contributed by atoms with Crippen molar-refractivity contribution < 1.29 is 9.47 Å². The second kappa shape index (κ2) is 11.1. The lowest BCUT2D eigenvalue weighted by molar-refractivity contribution is 0.0511. The summed E-state index contributed by atoms with van der Waals surface area (Å²) in [6.07, 6.45) is 8.37. The number of hydrogen-bond donors (Lipinski definition) is 2. The standard InChI is InChI=1S/C25H41N3O2/c1-4-26-23(27-19-24(13-16-29-3)11-7-8-12-24)28-20-25(14-17-30-18-15-25)22-10-6-5-9-21(22)2/h5-6,9-10H,4,7-8,11-20H2,1-3H3,(H2,26,27,28). The van der Waals surface area contributed by atoms with Gasteiger partial charge in [-0.05, 0) is 62.5 Å². The third-order valence-electron chi connectivity index (χ3n) is 7.18. The summed E-state index contributed by atoms with van der Waals surface area (Å²) in [7, 11) is 1.80. The molecule has 0 amide bonds. The van der Waals surface area contributed by atoms with Crippen LogP contribution in [0.25, 0.3) is 0 Å². The maximum atomic E-state index is 5.72. The summed E-state index contributed by atoms with van der Waals surface area (Å²) >= 11 is 0. The zero-order valence-electron chi connectivity index (χ0n) is 19.3. The number of nitrogens with one attached hydrogen (secondary N) is 2. The summed E-state index contributed by atoms with van der Waals surface area (Å²) in [6.45, 7) is 9.48. The number of aliphatic imine (C=N–C) groups is 1. The predicted octanol–water partition coefficient (Wildman–Crippen LogP) is 4.20. The Kier molecular flexibility index (Phi) is 8.58. The van der Waals surface area contributed by atoms with Gasteiger partial charge in [0.1, 0.15) is 0 Å². The SMILES string of the molecule is CCNC(=NCC1(CCOC)CCCC1)NCC1(c2ccccc2C)CCOCC1. The summed E-state index contributed by atoms with van der Waals surface area (Å²) < 4.78 is 11.1. The molecular weight excluding hydrogens is 374 g/mol. The van der Waals surface area contributed by atoms with E-state index in [4.69, 9.17) is 14.5 Å². The fourth-order valence-electron chi connectivity index (χ4n) is 5.24. The Labute approximate surface area is 183 Å². The minimum Gasteiger partial charge on any atom is -0.385 e. The molecule has 0 unspecified atom stereocenters. The molecule has 1 aromatic rings. The van der Waals surface area contributed by atoms with Gasteiger partial charge >= 0.3 is 0 Å². The zero-order chi connectivity index (χ0) is 21.3. The van der Waals surface area contributed by atoms with Gasteiger partial charge in [0.2, 0.25) is 0 Å². The first-order valence-electron chi connectivity index (χ1n) is 11.8. The lowest BCUT2D eigenvalue weighted by Crippen LogP contribution is -2.48. The highest BCUT2D eigenvalue weighted by Crippen LogP contribution is 2.41. The first kappa shape index (κ1) is 23.1. The highest BCUT2D eigenvalue weighted by Gasteiger charge is 2.36. The number of ether oxygens (including phenoxy) is 2. The van der Waals surface area contributed by atoms with E-state index in [0.29, 0.717) is 5.41 Å². The molecule has 1 heterocycles. The van der Waals surface area contributed by atoms with E-state index >= 15 is 0 Å². The van der Waals surface area contributed by atoms with Gasteiger partial charge in [0.05, 0.1) is 0 Å². The monoisotopic (exact) mass is 415 g/mol. The smallest absolute Gasteiger partial charge is 0.191 e. The van der Waals surface area contributed by atoms with E-state index in [9.17, 15) is 0 Å². The Hall–Kier alpha value is -1.59. The van der Waals surface area contributed by atoms with Crippen LogP contribution in [0.4, 0.5) is 0 Å². The summed E-state index contributed by atoms with van der Waals surface area (Å²) in [4.78, 5) is 5.06. The number of nitrogens with zero attached hydrogens (tertiary/aromatic N) is 1. The molecule has 0 bridgehead atoms. The second-order valence-electron chi connectivity index (χ2n) is 9.21. The van der Waals surface area contributed by atoms with Gasteiger partial charge in [0.15, 0.2) is 5.96 Å². The first-order valence-corrected chi connectivity index (χ1v) is 11.8. The molecule has 0 atom stereocenters. The number of benzene rings is 1. The molecule has 1 saturated carbocycles. The van der Waals surface area contributed by atoms with E-state index in [1.807, 2.05) is 0 Å². The number of aryl methyl sites for hydroxylation is 1. The van der Waals surface area contributed by atoms with Crippen molar-refractivity contribution >= 4 is 5.96 Å². The van der Waals surface area contributed by atoms with Crippen LogP contribution in [-0.4, -0.2) is 52.5 Å². The van der Waals surface area contributed by atoms with Crippen molar-refractivity contribution in [3.8, 4) is 0 Å². The Morgan fingerprint density at radius 1 is 1.10 bits per heavy atom. The highest BCUT2D eigenvalue weighted by molar-refractivity contribution is 5.80. The fraction of sp³-hybridized carbons (Fsp3) is 0.720. The van der Waals surface area contributed by atoms with Crippen LogP contribution in [-0.2, 0) is 14.9 Å². The van der Waals surface area contributed by atoms with Crippen LogP contribution in [0.3, 0.4) is 0 Å². The average Bonchev–Trinajstić information content (AvgIpc) is 3.24. The first-order chi connectivity index (χ1) is 14.6. The number of rotatable bonds is 9. The van der Waals surface area contributed by atoms with E-state index in [-0.39, 0.29) is 5.41 Å². The summed E-state index contributed by atoms with van der Waals surface area (Å²) in [5.74, 6) is 0.945. The largest absolute Gasteiger partial charge is 0.385 e. The van der Waals surface area contributed by atoms with E-state index in [2.05, 4.69) is 48.7 Å². The van der Waals surface area contributed by atoms with Crippen molar-refractivity contribution in [2.24, 2.45) is 10.4 Å². The minimum atomic E-state index is 0.0981. The quantitative estimate of drug-likeness (QED) is 0.469.